The molecule has 1 aromatic rings. The number of hydrogen-bond acceptors (Lipinski definition) is 3. The summed E-state index contributed by atoms with van der Waals surface area (Å²) in [6.07, 6.45) is 0.852. The lowest BCUT2D eigenvalue weighted by Crippen LogP contribution is -2.46. The molecule has 6 heteroatoms. The molecule has 1 N–H and O–H groups in total. The maximum absolute atomic E-state index is 11.8. The van der Waals surface area contributed by atoms with Crippen LogP contribution >= 0.6 is 22.9 Å². The normalized spacial score (nSPS) is 16.2. The number of amides is 3. The number of nitrogens with zero attached hydrogens (tertiary/aromatic N) is 1. The first-order valence-corrected chi connectivity index (χ1v) is 6.68. The molecule has 1 aromatic heterocycles. The molecule has 2 rings (SSSR count). The summed E-state index contributed by atoms with van der Waals surface area (Å²) in [6, 6.07) is 1.66. The van der Waals surface area contributed by atoms with Gasteiger partial charge in [-0.15, -0.1) is 22.9 Å². The van der Waals surface area contributed by atoms with Gasteiger partial charge in [-0.3, -0.25) is 10.1 Å². The van der Waals surface area contributed by atoms with E-state index >= 15 is 0 Å². The Morgan fingerprint density at radius 3 is 3.06 bits per heavy atom. The monoisotopic (exact) mass is 272 g/mol. The summed E-state index contributed by atoms with van der Waals surface area (Å²) in [6.45, 7) is 2.75. The van der Waals surface area contributed by atoms with Crippen molar-refractivity contribution >= 4 is 34.9 Å². The standard InChI is InChI=1S/C11H13ClN2O2S/c1-7(12)10(15)13-11(16)14-4-2-9-8(6-14)3-5-17-9/h3,5,7H,2,4,6H2,1H3,(H,13,15,16). The zero-order valence-corrected chi connectivity index (χ0v) is 11.0. The molecule has 0 saturated carbocycles. The summed E-state index contributed by atoms with van der Waals surface area (Å²) in [5, 5.41) is 3.62. The highest BCUT2D eigenvalue weighted by Crippen LogP contribution is 2.23. The van der Waals surface area contributed by atoms with E-state index in [1.807, 2.05) is 11.4 Å². The van der Waals surface area contributed by atoms with Crippen molar-refractivity contribution in [2.75, 3.05) is 6.54 Å². The molecule has 0 bridgehead atoms. The molecule has 0 fully saturated rings. The molecule has 0 aliphatic carbocycles. The van der Waals surface area contributed by atoms with Crippen molar-refractivity contribution in [3.8, 4) is 0 Å². The minimum Gasteiger partial charge on any atom is -0.320 e. The fourth-order valence-electron chi connectivity index (χ4n) is 1.71. The summed E-state index contributed by atoms with van der Waals surface area (Å²) in [4.78, 5) is 26.0. The fraction of sp³-hybridized carbons (Fsp3) is 0.455. The molecule has 17 heavy (non-hydrogen) atoms. The van der Waals surface area contributed by atoms with E-state index in [-0.39, 0.29) is 6.03 Å². The van der Waals surface area contributed by atoms with Crippen LogP contribution in [0.4, 0.5) is 4.79 Å². The van der Waals surface area contributed by atoms with Gasteiger partial charge in [-0.25, -0.2) is 4.79 Å². The Kier molecular flexibility index (Phi) is 3.69. The molecular weight excluding hydrogens is 260 g/mol. The first-order valence-electron chi connectivity index (χ1n) is 5.37. The van der Waals surface area contributed by atoms with Crippen molar-refractivity contribution in [2.45, 2.75) is 25.3 Å². The average molecular weight is 273 g/mol. The molecule has 1 aliphatic rings. The number of fused-ring (bicyclic) bond motifs is 1. The van der Waals surface area contributed by atoms with Crippen molar-refractivity contribution in [3.63, 3.8) is 0 Å². The maximum atomic E-state index is 11.8. The van der Waals surface area contributed by atoms with Gasteiger partial charge in [0, 0.05) is 18.0 Å². The Bertz CT molecular complexity index is 444. The highest BCUT2D eigenvalue weighted by atomic mass is 35.5. The topological polar surface area (TPSA) is 49.4 Å². The number of thiophene rings is 1. The molecule has 1 unspecified atom stereocenters. The Balaban J connectivity index is 1.97. The molecule has 0 saturated heterocycles. The van der Waals surface area contributed by atoms with Crippen molar-refractivity contribution in [2.24, 2.45) is 0 Å². The van der Waals surface area contributed by atoms with Crippen LogP contribution in [0.3, 0.4) is 0 Å². The van der Waals surface area contributed by atoms with Crippen LogP contribution in [0.2, 0.25) is 0 Å². The van der Waals surface area contributed by atoms with Gasteiger partial charge in [0.25, 0.3) is 0 Å². The van der Waals surface area contributed by atoms with E-state index in [1.165, 1.54) is 17.4 Å². The number of urea groups is 1. The summed E-state index contributed by atoms with van der Waals surface area (Å²) in [5.41, 5.74) is 1.17. The summed E-state index contributed by atoms with van der Waals surface area (Å²) in [7, 11) is 0. The number of carbonyl (C=O) groups is 2. The predicted octanol–water partition coefficient (Wildman–Crippen LogP) is 1.97. The summed E-state index contributed by atoms with van der Waals surface area (Å²) < 4.78 is 0. The first-order chi connectivity index (χ1) is 8.08. The SMILES string of the molecule is CC(Cl)C(=O)NC(=O)N1CCc2sccc2C1. The van der Waals surface area contributed by atoms with E-state index in [2.05, 4.69) is 5.32 Å². The van der Waals surface area contributed by atoms with Gasteiger partial charge >= 0.3 is 6.03 Å². The van der Waals surface area contributed by atoms with Gasteiger partial charge in [-0.05, 0) is 30.4 Å². The third kappa shape index (κ3) is 2.79. The van der Waals surface area contributed by atoms with Crippen LogP contribution in [-0.4, -0.2) is 28.8 Å². The van der Waals surface area contributed by atoms with E-state index in [1.54, 1.807) is 16.2 Å². The van der Waals surface area contributed by atoms with Crippen LogP contribution in [0, 0.1) is 0 Å². The van der Waals surface area contributed by atoms with Crippen molar-refractivity contribution in [1.82, 2.24) is 10.2 Å². The Labute approximate surface area is 109 Å². The number of hydrogen-bond donors (Lipinski definition) is 1. The van der Waals surface area contributed by atoms with E-state index in [0.29, 0.717) is 13.1 Å². The van der Waals surface area contributed by atoms with Crippen LogP contribution in [0.25, 0.3) is 0 Å². The van der Waals surface area contributed by atoms with Crippen LogP contribution in [0.15, 0.2) is 11.4 Å². The lowest BCUT2D eigenvalue weighted by Gasteiger charge is -2.26. The molecule has 1 atom stereocenters. The quantitative estimate of drug-likeness (QED) is 0.795. The molecule has 3 amide bonds. The Hall–Kier alpha value is -1.07. The zero-order chi connectivity index (χ0) is 12.4. The molecular formula is C11H13ClN2O2S. The third-order valence-corrected chi connectivity index (χ3v) is 3.91. The van der Waals surface area contributed by atoms with Crippen molar-refractivity contribution < 1.29 is 9.59 Å². The van der Waals surface area contributed by atoms with Crippen molar-refractivity contribution in [3.05, 3.63) is 21.9 Å². The highest BCUT2D eigenvalue weighted by molar-refractivity contribution is 7.10. The van der Waals surface area contributed by atoms with Gasteiger partial charge < -0.3 is 4.90 Å². The molecule has 2 heterocycles. The highest BCUT2D eigenvalue weighted by Gasteiger charge is 2.23. The van der Waals surface area contributed by atoms with Gasteiger partial charge in [-0.2, -0.15) is 0 Å². The second kappa shape index (κ2) is 5.06. The number of rotatable bonds is 1. The molecule has 4 nitrogen and oxygen atoms in total. The molecule has 1 aliphatic heterocycles. The van der Waals surface area contributed by atoms with E-state index in [9.17, 15) is 9.59 Å². The number of halogens is 1. The second-order valence-electron chi connectivity index (χ2n) is 3.95. The van der Waals surface area contributed by atoms with Gasteiger partial charge in [-0.1, -0.05) is 0 Å². The largest absolute Gasteiger partial charge is 0.324 e. The average Bonchev–Trinajstić information content (AvgIpc) is 2.75. The minimum atomic E-state index is -0.694. The number of carbonyl (C=O) groups excluding carboxylic acids is 2. The van der Waals surface area contributed by atoms with Crippen molar-refractivity contribution in [1.29, 1.82) is 0 Å². The lowest BCUT2D eigenvalue weighted by molar-refractivity contribution is -0.119. The lowest BCUT2D eigenvalue weighted by atomic mass is 10.1. The van der Waals surface area contributed by atoms with Gasteiger partial charge in [0.1, 0.15) is 5.38 Å². The summed E-state index contributed by atoms with van der Waals surface area (Å²) >= 11 is 7.31. The molecule has 0 aromatic carbocycles. The smallest absolute Gasteiger partial charge is 0.320 e. The number of imide groups is 1. The van der Waals surface area contributed by atoms with Gasteiger partial charge in [0.05, 0.1) is 0 Å². The fourth-order valence-corrected chi connectivity index (χ4v) is 2.65. The van der Waals surface area contributed by atoms with Crippen LogP contribution in [0.1, 0.15) is 17.4 Å². The zero-order valence-electron chi connectivity index (χ0n) is 9.40. The third-order valence-electron chi connectivity index (χ3n) is 2.69. The van der Waals surface area contributed by atoms with Crippen LogP contribution in [0.5, 0.6) is 0 Å². The summed E-state index contributed by atoms with van der Waals surface area (Å²) in [5.74, 6) is -0.451. The van der Waals surface area contributed by atoms with Gasteiger partial charge in [0.2, 0.25) is 5.91 Å². The van der Waals surface area contributed by atoms with E-state index in [0.717, 1.165) is 6.42 Å². The maximum Gasteiger partial charge on any atom is 0.324 e. The predicted molar refractivity (Wildman–Crippen MR) is 67.3 cm³/mol. The Morgan fingerprint density at radius 2 is 2.35 bits per heavy atom. The van der Waals surface area contributed by atoms with Crippen LogP contribution in [-0.2, 0) is 17.8 Å². The first kappa shape index (κ1) is 12.4. The molecule has 92 valence electrons. The minimum absolute atomic E-state index is 0.362. The number of nitrogens with one attached hydrogen (secondary N) is 1. The molecule has 0 spiro atoms. The van der Waals surface area contributed by atoms with E-state index in [4.69, 9.17) is 11.6 Å². The second-order valence-corrected chi connectivity index (χ2v) is 5.61. The van der Waals surface area contributed by atoms with Crippen LogP contribution < -0.4 is 5.32 Å². The van der Waals surface area contributed by atoms with E-state index < -0.39 is 11.3 Å². The number of alkyl halides is 1. The molecule has 0 radical (unpaired) electrons. The van der Waals surface area contributed by atoms with Gasteiger partial charge in [0.15, 0.2) is 0 Å². The Morgan fingerprint density at radius 1 is 1.59 bits per heavy atom.